The van der Waals surface area contributed by atoms with Gasteiger partial charge in [0.15, 0.2) is 17.7 Å². The molecule has 76 heavy (non-hydrogen) atoms. The number of fused-ring (bicyclic) bond motifs is 1. The zero-order valence-corrected chi connectivity index (χ0v) is 47.9. The number of aliphatic hydroxyl groups excluding tert-OH is 3. The van der Waals surface area contributed by atoms with Crippen molar-refractivity contribution >= 4 is 69.1 Å². The molecule has 25 nitrogen and oxygen atoms in total. The number of carbonyl (C=O) groups excluding carboxylic acids is 3. The third-order valence-electron chi connectivity index (χ3n) is 12.8. The molecule has 0 aromatic carbocycles. The average Bonchev–Trinajstić information content (AvgIpc) is 3.92. The van der Waals surface area contributed by atoms with Crippen molar-refractivity contribution in [3.05, 3.63) is 12.7 Å². The molecular formula is C47H86N7O18P3S. The minimum atomic E-state index is -5.59. The summed E-state index contributed by atoms with van der Waals surface area (Å²) >= 11 is 0.921. The molecule has 11 N–H and O–H groups in total. The zero-order valence-electron chi connectivity index (χ0n) is 44.4. The van der Waals surface area contributed by atoms with E-state index in [2.05, 4.69) is 41.3 Å². The lowest BCUT2D eigenvalue weighted by atomic mass is 9.87. The lowest BCUT2D eigenvalue weighted by Gasteiger charge is -2.30. The van der Waals surface area contributed by atoms with E-state index in [-0.39, 0.29) is 47.4 Å². The van der Waals surface area contributed by atoms with E-state index in [9.17, 15) is 63.0 Å². The molecule has 0 bridgehead atoms. The summed E-state index contributed by atoms with van der Waals surface area (Å²) < 4.78 is 62.5. The van der Waals surface area contributed by atoms with Crippen LogP contribution in [-0.4, -0.2) is 134 Å². The van der Waals surface area contributed by atoms with Crippen LogP contribution in [0.25, 0.3) is 11.2 Å². The lowest BCUT2D eigenvalue weighted by Crippen LogP contribution is -2.46. The molecule has 438 valence electrons. The summed E-state index contributed by atoms with van der Waals surface area (Å²) in [6.45, 7) is 2.63. The van der Waals surface area contributed by atoms with E-state index in [1.165, 1.54) is 129 Å². The molecule has 0 aliphatic carbocycles. The van der Waals surface area contributed by atoms with Crippen LogP contribution in [0.15, 0.2) is 12.7 Å². The Morgan fingerprint density at radius 2 is 1.30 bits per heavy atom. The van der Waals surface area contributed by atoms with Crippen LogP contribution in [0.3, 0.4) is 0 Å². The number of ether oxygens (including phenoxy) is 1. The minimum absolute atomic E-state index is 0.0286. The van der Waals surface area contributed by atoms with Crippen LogP contribution < -0.4 is 16.4 Å². The van der Waals surface area contributed by atoms with Crippen molar-refractivity contribution in [1.29, 1.82) is 0 Å². The molecule has 3 rings (SSSR count). The van der Waals surface area contributed by atoms with Gasteiger partial charge in [-0.2, -0.15) is 4.31 Å². The number of phosphoric ester groups is 3. The molecule has 2 aromatic heterocycles. The van der Waals surface area contributed by atoms with E-state index in [0.29, 0.717) is 6.42 Å². The maximum absolute atomic E-state index is 12.8. The highest BCUT2D eigenvalue weighted by Gasteiger charge is 2.50. The number of thioether (sulfide) groups is 1. The topological polar surface area (TPSA) is 384 Å². The molecule has 1 fully saturated rings. The number of hydrogen-bond acceptors (Lipinski definition) is 19. The quantitative estimate of drug-likeness (QED) is 0.0235. The number of aliphatic hydroxyl groups is 3. The molecule has 3 heterocycles. The number of aromatic nitrogens is 4. The van der Waals surface area contributed by atoms with E-state index in [1.807, 2.05) is 0 Å². The number of nitrogens with zero attached hydrogens (tertiary/aromatic N) is 4. The Morgan fingerprint density at radius 1 is 0.776 bits per heavy atom. The van der Waals surface area contributed by atoms with Gasteiger partial charge in [-0.05, 0) is 6.42 Å². The van der Waals surface area contributed by atoms with Crippen molar-refractivity contribution in [1.82, 2.24) is 30.2 Å². The summed E-state index contributed by atoms with van der Waals surface area (Å²) in [4.78, 5) is 88.7. The largest absolute Gasteiger partial charge is 0.481 e. The van der Waals surface area contributed by atoms with Crippen molar-refractivity contribution in [3.8, 4) is 0 Å². The van der Waals surface area contributed by atoms with Gasteiger partial charge in [0.05, 0.1) is 19.5 Å². The van der Waals surface area contributed by atoms with Gasteiger partial charge >= 0.3 is 23.5 Å². The second-order valence-corrected chi connectivity index (χ2v) is 25.3. The molecule has 0 spiro atoms. The molecule has 0 saturated carbocycles. The van der Waals surface area contributed by atoms with Gasteiger partial charge in [-0.1, -0.05) is 174 Å². The number of unbranched alkanes of at least 4 members (excludes halogenated alkanes) is 21. The number of nitrogens with one attached hydrogen (secondary N) is 2. The Balaban J connectivity index is 1.22. The third-order valence-corrected chi connectivity index (χ3v) is 16.9. The standard InChI is InChI=1S/C47H86N7O18P3S/c1-4-5-6-7-8-9-10-11-12-13-14-15-16-17-18-19-20-21-22-23-24-25-26-35(55)46(60)76-30-29-49-37(56)27-28-50-44(59)41(58)47(2,3)32-69-75(66,67)72-74(64,65)68-31-36-40(71-73(61,62)63)39(57)45(70-36)54-34-53-38-42(48)51-33-52-43(38)54/h33-36,39-41,45,55,57-58H,4-32H2,1-3H3,(H,49,56)(H,50,59)(H,64,65)(H,66,67)(H2,48,51,52)(H2,61,62,63)/t35?,36-,39-,40-,41+,45-/m1/s1. The number of phosphoric acid groups is 3. The van der Waals surface area contributed by atoms with Gasteiger partial charge in [0.2, 0.25) is 16.9 Å². The van der Waals surface area contributed by atoms with Crippen LogP contribution in [0.2, 0.25) is 0 Å². The smallest absolute Gasteiger partial charge is 0.386 e. The summed E-state index contributed by atoms with van der Waals surface area (Å²) in [5, 5.41) is 36.5. The molecule has 2 aromatic rings. The van der Waals surface area contributed by atoms with Gasteiger partial charge in [-0.3, -0.25) is 32.5 Å². The Hall–Kier alpha value is -2.48. The summed E-state index contributed by atoms with van der Waals surface area (Å²) in [7, 11) is -16.5. The number of nitrogen functional groups attached to an aromatic ring is 1. The fourth-order valence-corrected chi connectivity index (χ4v) is 12.0. The van der Waals surface area contributed by atoms with Crippen LogP contribution in [0.4, 0.5) is 5.82 Å². The molecule has 29 heteroatoms. The minimum Gasteiger partial charge on any atom is -0.386 e. The predicted octanol–water partition coefficient (Wildman–Crippen LogP) is 7.02. The number of anilines is 1. The Bertz CT molecular complexity index is 2180. The summed E-state index contributed by atoms with van der Waals surface area (Å²) in [6, 6.07) is 0. The van der Waals surface area contributed by atoms with Crippen LogP contribution in [0.1, 0.15) is 181 Å². The monoisotopic (exact) mass is 1160 g/mol. The Kier molecular flexibility index (Phi) is 31.5. The fraction of sp³-hybridized carbons (Fsp3) is 0.830. The highest BCUT2D eigenvalue weighted by Crippen LogP contribution is 2.61. The maximum atomic E-state index is 12.8. The Morgan fingerprint density at radius 3 is 1.84 bits per heavy atom. The van der Waals surface area contributed by atoms with E-state index in [0.717, 1.165) is 54.7 Å². The van der Waals surface area contributed by atoms with Crippen molar-refractivity contribution in [2.24, 2.45) is 5.41 Å². The van der Waals surface area contributed by atoms with Crippen molar-refractivity contribution in [2.75, 3.05) is 37.8 Å². The SMILES string of the molecule is CCCCCCCCCCCCCCCCCCCCCCCCC(O)C(=O)SCCNC(=O)CCNC(=O)[C@H](O)C(C)(C)COP(=O)(O)OP(=O)(O)OC[C@H]1O[C@@H](n2cnc3c(N)ncnc32)[C@H](O)[C@@H]1OP(=O)(O)O. The molecule has 0 radical (unpaired) electrons. The van der Waals surface area contributed by atoms with Gasteiger partial charge in [0.25, 0.3) is 0 Å². The van der Waals surface area contributed by atoms with Gasteiger partial charge in [-0.15, -0.1) is 0 Å². The first-order valence-corrected chi connectivity index (χ1v) is 32.2. The van der Waals surface area contributed by atoms with E-state index in [4.69, 9.17) is 19.5 Å². The summed E-state index contributed by atoms with van der Waals surface area (Å²) in [5.41, 5.74) is 4.26. The van der Waals surface area contributed by atoms with E-state index >= 15 is 0 Å². The third kappa shape index (κ3) is 26.7. The predicted molar refractivity (Wildman–Crippen MR) is 285 cm³/mol. The normalized spacial score (nSPS) is 19.6. The lowest BCUT2D eigenvalue weighted by molar-refractivity contribution is -0.137. The molecule has 2 amide bonds. The van der Waals surface area contributed by atoms with Crippen LogP contribution in [0.5, 0.6) is 0 Å². The molecule has 8 atom stereocenters. The number of nitrogens with two attached hydrogens (primary N) is 1. The van der Waals surface area contributed by atoms with Crippen LogP contribution in [-0.2, 0) is 50.7 Å². The zero-order chi connectivity index (χ0) is 56.2. The molecule has 1 saturated heterocycles. The van der Waals surface area contributed by atoms with Crippen molar-refractivity contribution in [2.45, 2.75) is 212 Å². The number of hydrogen-bond donors (Lipinski definition) is 10. The molecular weight excluding hydrogens is 1080 g/mol. The number of rotatable bonds is 43. The Labute approximate surface area is 450 Å². The van der Waals surface area contributed by atoms with Gasteiger partial charge < -0.3 is 56.0 Å². The summed E-state index contributed by atoms with van der Waals surface area (Å²) in [6.07, 6.45) is 20.6. The molecule has 1 aliphatic rings. The van der Waals surface area contributed by atoms with Crippen LogP contribution >= 0.6 is 35.2 Å². The fourth-order valence-electron chi connectivity index (χ4n) is 8.44. The van der Waals surface area contributed by atoms with E-state index < -0.39 is 90.7 Å². The highest BCUT2D eigenvalue weighted by molar-refractivity contribution is 8.13. The molecule has 1 aliphatic heterocycles. The average molecular weight is 1160 g/mol. The highest BCUT2D eigenvalue weighted by atomic mass is 32.2. The van der Waals surface area contributed by atoms with Gasteiger partial charge in [-0.25, -0.2) is 28.6 Å². The number of carbonyl (C=O) groups is 3. The van der Waals surface area contributed by atoms with Crippen molar-refractivity contribution in [3.63, 3.8) is 0 Å². The first kappa shape index (κ1) is 67.8. The van der Waals surface area contributed by atoms with Crippen molar-refractivity contribution < 1.29 is 85.6 Å². The second-order valence-electron chi connectivity index (χ2n) is 20.0. The van der Waals surface area contributed by atoms with Gasteiger partial charge in [0.1, 0.15) is 42.4 Å². The number of amides is 2. The first-order chi connectivity index (χ1) is 36.0. The molecule has 3 unspecified atom stereocenters. The maximum Gasteiger partial charge on any atom is 0.481 e. The number of imidazole rings is 1. The first-order valence-electron chi connectivity index (χ1n) is 26.7. The van der Waals surface area contributed by atoms with Gasteiger partial charge in [0, 0.05) is 30.7 Å². The van der Waals surface area contributed by atoms with Crippen LogP contribution in [0, 0.1) is 5.41 Å². The second kappa shape index (κ2) is 35.3. The van der Waals surface area contributed by atoms with E-state index in [1.54, 1.807) is 0 Å². The summed E-state index contributed by atoms with van der Waals surface area (Å²) in [5.74, 6) is -1.28.